The summed E-state index contributed by atoms with van der Waals surface area (Å²) in [5.74, 6) is 0.973. The molecule has 3 aromatic heterocycles. The van der Waals surface area contributed by atoms with Crippen molar-refractivity contribution >= 4 is 50.5 Å². The van der Waals surface area contributed by atoms with Gasteiger partial charge in [-0.3, -0.25) is 9.36 Å². The quantitative estimate of drug-likeness (QED) is 0.543. The summed E-state index contributed by atoms with van der Waals surface area (Å²) in [5, 5.41) is 13.0. The fourth-order valence-electron chi connectivity index (χ4n) is 4.57. The van der Waals surface area contributed by atoms with Gasteiger partial charge in [-0.2, -0.15) is 4.98 Å². The molecule has 1 aliphatic heterocycles. The number of piperazine rings is 1. The van der Waals surface area contributed by atoms with Crippen molar-refractivity contribution in [3.8, 4) is 0 Å². The highest BCUT2D eigenvalue weighted by Crippen LogP contribution is 2.31. The Bertz CT molecular complexity index is 1230. The number of hydrogen-bond donors (Lipinski definition) is 2. The maximum Gasteiger partial charge on any atom is 0.407 e. The van der Waals surface area contributed by atoms with Crippen LogP contribution in [-0.4, -0.2) is 61.8 Å². The van der Waals surface area contributed by atoms with E-state index in [-0.39, 0.29) is 11.6 Å². The number of halogens is 1. The van der Waals surface area contributed by atoms with Crippen LogP contribution < -0.4 is 15.8 Å². The third-order valence-corrected chi connectivity index (χ3v) is 6.89. The molecule has 11 heteroatoms. The minimum atomic E-state index is -0.881. The molecule has 1 amide bonds. The van der Waals surface area contributed by atoms with Crippen molar-refractivity contribution in [3.63, 3.8) is 0 Å². The largest absolute Gasteiger partial charge is 0.465 e. The molecule has 4 heterocycles. The molecule has 0 spiro atoms. The second kappa shape index (κ2) is 8.97. The molecule has 2 N–H and O–H groups in total. The third-order valence-electron chi connectivity index (χ3n) is 6.32. The van der Waals surface area contributed by atoms with Crippen LogP contribution in [0.3, 0.4) is 0 Å². The van der Waals surface area contributed by atoms with Gasteiger partial charge >= 0.3 is 6.09 Å². The van der Waals surface area contributed by atoms with Crippen LogP contribution in [0.5, 0.6) is 0 Å². The number of aromatic nitrogens is 4. The zero-order valence-corrected chi connectivity index (χ0v) is 19.5. The van der Waals surface area contributed by atoms with Gasteiger partial charge in [0.1, 0.15) is 11.5 Å². The number of nitrogens with zero attached hydrogens (tertiary/aromatic N) is 6. The van der Waals surface area contributed by atoms with Gasteiger partial charge in [-0.1, -0.05) is 12.8 Å². The van der Waals surface area contributed by atoms with E-state index in [1.165, 1.54) is 4.90 Å². The van der Waals surface area contributed by atoms with E-state index in [9.17, 15) is 9.59 Å². The van der Waals surface area contributed by atoms with Crippen LogP contribution in [0.1, 0.15) is 31.7 Å². The van der Waals surface area contributed by atoms with Crippen molar-refractivity contribution in [1.29, 1.82) is 0 Å². The summed E-state index contributed by atoms with van der Waals surface area (Å²) in [6, 6.07) is 5.71. The lowest BCUT2D eigenvalue weighted by Crippen LogP contribution is -2.48. The Labute approximate surface area is 198 Å². The average Bonchev–Trinajstić information content (AvgIpc) is 3.35. The molecule has 33 heavy (non-hydrogen) atoms. The van der Waals surface area contributed by atoms with Crippen molar-refractivity contribution in [1.82, 2.24) is 24.4 Å². The summed E-state index contributed by atoms with van der Waals surface area (Å²) in [6.07, 6.45) is 6.77. The molecule has 2 fully saturated rings. The number of rotatable bonds is 4. The van der Waals surface area contributed by atoms with E-state index in [1.54, 1.807) is 23.0 Å². The first-order valence-corrected chi connectivity index (χ1v) is 11.8. The lowest BCUT2D eigenvalue weighted by Gasteiger charge is -2.34. The number of hydrogen-bond acceptors (Lipinski definition) is 7. The number of nitrogens with one attached hydrogen (secondary N) is 1. The predicted octanol–water partition coefficient (Wildman–Crippen LogP) is 3.61. The molecule has 0 unspecified atom stereocenters. The molecule has 1 saturated carbocycles. The monoisotopic (exact) mass is 513 g/mol. The lowest BCUT2D eigenvalue weighted by molar-refractivity contribution is 0.142. The zero-order chi connectivity index (χ0) is 22.9. The first-order chi connectivity index (χ1) is 16.0. The molecule has 2 aliphatic rings. The number of anilines is 3. The minimum absolute atomic E-state index is 0.0653. The third kappa shape index (κ3) is 4.37. The Morgan fingerprint density at radius 1 is 1.09 bits per heavy atom. The van der Waals surface area contributed by atoms with Crippen LogP contribution in [0.2, 0.25) is 0 Å². The molecule has 1 aliphatic carbocycles. The number of carboxylic acid groups (broad SMARTS) is 1. The fraction of sp³-hybridized carbons (Fsp3) is 0.409. The van der Waals surface area contributed by atoms with E-state index in [2.05, 4.69) is 41.1 Å². The predicted molar refractivity (Wildman–Crippen MR) is 128 cm³/mol. The topological polar surface area (TPSA) is 116 Å². The Hall–Kier alpha value is -3.21. The SMILES string of the molecule is O=C(O)N1CCN(c2ccc(Nc3ncc4cc(Br)c(=O)n(C5CCCC5)c4n3)nc2)CC1. The second-order valence-electron chi connectivity index (χ2n) is 8.36. The Kier molecular flexibility index (Phi) is 5.88. The van der Waals surface area contributed by atoms with Crippen LogP contribution in [0.15, 0.2) is 39.9 Å². The summed E-state index contributed by atoms with van der Waals surface area (Å²) in [6.45, 7) is 2.20. The van der Waals surface area contributed by atoms with Crippen molar-refractivity contribution < 1.29 is 9.90 Å². The fourth-order valence-corrected chi connectivity index (χ4v) is 5.00. The van der Waals surface area contributed by atoms with Crippen LogP contribution >= 0.6 is 15.9 Å². The molecule has 0 radical (unpaired) electrons. The maximum absolute atomic E-state index is 12.9. The molecule has 0 bridgehead atoms. The van der Waals surface area contributed by atoms with E-state index in [1.807, 2.05) is 12.1 Å². The molecule has 0 aromatic carbocycles. The Morgan fingerprint density at radius 2 is 1.85 bits per heavy atom. The molecular formula is C22H24BrN7O3. The molecular weight excluding hydrogens is 490 g/mol. The summed E-state index contributed by atoms with van der Waals surface area (Å²) in [4.78, 5) is 41.0. The van der Waals surface area contributed by atoms with Gasteiger partial charge in [0, 0.05) is 43.8 Å². The number of amides is 1. The van der Waals surface area contributed by atoms with E-state index < -0.39 is 6.09 Å². The lowest BCUT2D eigenvalue weighted by atomic mass is 10.2. The molecule has 172 valence electrons. The summed E-state index contributed by atoms with van der Waals surface area (Å²) in [5.41, 5.74) is 1.50. The molecule has 3 aromatic rings. The first kappa shape index (κ1) is 21.6. The normalized spacial score (nSPS) is 17.0. The van der Waals surface area contributed by atoms with Gasteiger partial charge in [0.2, 0.25) is 5.95 Å². The van der Waals surface area contributed by atoms with Gasteiger partial charge < -0.3 is 20.2 Å². The van der Waals surface area contributed by atoms with E-state index in [4.69, 9.17) is 5.11 Å². The molecule has 1 saturated heterocycles. The highest BCUT2D eigenvalue weighted by Gasteiger charge is 2.23. The molecule has 10 nitrogen and oxygen atoms in total. The van der Waals surface area contributed by atoms with Gasteiger partial charge in [0.25, 0.3) is 5.56 Å². The summed E-state index contributed by atoms with van der Waals surface area (Å²) >= 11 is 3.39. The Balaban J connectivity index is 1.36. The second-order valence-corrected chi connectivity index (χ2v) is 9.22. The molecule has 0 atom stereocenters. The van der Waals surface area contributed by atoms with E-state index in [0.29, 0.717) is 48.1 Å². The maximum atomic E-state index is 12.9. The van der Waals surface area contributed by atoms with Gasteiger partial charge in [-0.05, 0) is 47.0 Å². The van der Waals surface area contributed by atoms with Gasteiger partial charge in [0.15, 0.2) is 0 Å². The van der Waals surface area contributed by atoms with Crippen LogP contribution in [0.25, 0.3) is 11.0 Å². The minimum Gasteiger partial charge on any atom is -0.465 e. The number of fused-ring (bicyclic) bond motifs is 1. The Morgan fingerprint density at radius 3 is 2.52 bits per heavy atom. The molecule has 5 rings (SSSR count). The highest BCUT2D eigenvalue weighted by molar-refractivity contribution is 9.10. The van der Waals surface area contributed by atoms with Crippen molar-refractivity contribution in [2.24, 2.45) is 0 Å². The average molecular weight is 514 g/mol. The smallest absolute Gasteiger partial charge is 0.407 e. The van der Waals surface area contributed by atoms with Crippen molar-refractivity contribution in [2.75, 3.05) is 36.4 Å². The number of carbonyl (C=O) groups is 1. The van der Waals surface area contributed by atoms with Crippen LogP contribution in [-0.2, 0) is 0 Å². The summed E-state index contributed by atoms with van der Waals surface area (Å²) in [7, 11) is 0. The standard InChI is InChI=1S/C22H24BrN7O3/c23-17-11-14-12-25-21(27-19(14)30(20(17)31)15-3-1-2-4-15)26-18-6-5-16(13-24-18)28-7-9-29(10-8-28)22(32)33/h5-6,11-13,15H,1-4,7-10H2,(H,32,33)(H,24,25,26,27). The number of pyridine rings is 2. The van der Waals surface area contributed by atoms with E-state index in [0.717, 1.165) is 36.8 Å². The zero-order valence-electron chi connectivity index (χ0n) is 17.9. The van der Waals surface area contributed by atoms with Gasteiger partial charge in [-0.25, -0.2) is 14.8 Å². The van der Waals surface area contributed by atoms with Crippen molar-refractivity contribution in [3.05, 3.63) is 45.4 Å². The highest BCUT2D eigenvalue weighted by atomic mass is 79.9. The van der Waals surface area contributed by atoms with Crippen LogP contribution in [0.4, 0.5) is 22.2 Å². The summed E-state index contributed by atoms with van der Waals surface area (Å²) < 4.78 is 2.32. The first-order valence-electron chi connectivity index (χ1n) is 11.0. The van der Waals surface area contributed by atoms with Crippen molar-refractivity contribution in [2.45, 2.75) is 31.7 Å². The van der Waals surface area contributed by atoms with E-state index >= 15 is 0 Å². The van der Waals surface area contributed by atoms with Crippen LogP contribution in [0, 0.1) is 0 Å². The van der Waals surface area contributed by atoms with Gasteiger partial charge in [-0.15, -0.1) is 0 Å². The van der Waals surface area contributed by atoms with Gasteiger partial charge in [0.05, 0.1) is 16.4 Å².